The van der Waals surface area contributed by atoms with Gasteiger partial charge in [0.2, 0.25) is 0 Å². The lowest BCUT2D eigenvalue weighted by atomic mass is 10.1. The predicted molar refractivity (Wildman–Crippen MR) is 80.2 cm³/mol. The van der Waals surface area contributed by atoms with E-state index in [1.807, 2.05) is 19.2 Å². The third-order valence-corrected chi connectivity index (χ3v) is 3.79. The number of rotatable bonds is 3. The SMILES string of the molecule is Cc1nc(CCc2ccccc2)c2c(Br)c[nH]c2n1. The molecule has 0 aliphatic rings. The van der Waals surface area contributed by atoms with E-state index in [1.165, 1.54) is 5.56 Å². The van der Waals surface area contributed by atoms with Crippen molar-refractivity contribution in [3.05, 3.63) is 58.1 Å². The minimum atomic E-state index is 0.810. The first kappa shape index (κ1) is 12.4. The maximum absolute atomic E-state index is 4.59. The van der Waals surface area contributed by atoms with Crippen molar-refractivity contribution in [2.24, 2.45) is 0 Å². The van der Waals surface area contributed by atoms with Crippen molar-refractivity contribution < 1.29 is 0 Å². The van der Waals surface area contributed by atoms with Crippen molar-refractivity contribution >= 4 is 27.0 Å². The van der Waals surface area contributed by atoms with Crippen molar-refractivity contribution in [3.63, 3.8) is 0 Å². The number of nitrogens with one attached hydrogen (secondary N) is 1. The number of hydrogen-bond acceptors (Lipinski definition) is 2. The largest absolute Gasteiger partial charge is 0.345 e. The lowest BCUT2D eigenvalue weighted by Gasteiger charge is -2.05. The van der Waals surface area contributed by atoms with Crippen LogP contribution in [-0.4, -0.2) is 15.0 Å². The molecule has 1 N–H and O–H groups in total. The molecule has 0 fully saturated rings. The standard InChI is InChI=1S/C15H14BrN3/c1-10-18-13(8-7-11-5-3-2-4-6-11)14-12(16)9-17-15(14)19-10/h2-6,9H,7-8H2,1H3,(H,17,18,19). The molecule has 0 saturated carbocycles. The Balaban J connectivity index is 1.94. The fraction of sp³-hybridized carbons (Fsp3) is 0.200. The minimum Gasteiger partial charge on any atom is -0.345 e. The number of fused-ring (bicyclic) bond motifs is 1. The van der Waals surface area contributed by atoms with E-state index in [-0.39, 0.29) is 0 Å². The molecule has 0 unspecified atom stereocenters. The zero-order valence-corrected chi connectivity index (χ0v) is 12.2. The summed E-state index contributed by atoms with van der Waals surface area (Å²) in [6.45, 7) is 1.93. The first-order chi connectivity index (χ1) is 9.24. The Morgan fingerprint density at radius 2 is 1.89 bits per heavy atom. The smallest absolute Gasteiger partial charge is 0.142 e. The second-order valence-electron chi connectivity index (χ2n) is 4.56. The Bertz CT molecular complexity index is 704. The Labute approximate surface area is 120 Å². The molecule has 1 aromatic carbocycles. The quantitative estimate of drug-likeness (QED) is 0.798. The summed E-state index contributed by atoms with van der Waals surface area (Å²) in [6.07, 6.45) is 3.83. The summed E-state index contributed by atoms with van der Waals surface area (Å²) in [7, 11) is 0. The normalized spacial score (nSPS) is 11.1. The van der Waals surface area contributed by atoms with Crippen molar-refractivity contribution in [1.82, 2.24) is 15.0 Å². The zero-order chi connectivity index (χ0) is 13.2. The molecular formula is C15H14BrN3. The summed E-state index contributed by atoms with van der Waals surface area (Å²) >= 11 is 3.56. The first-order valence-electron chi connectivity index (χ1n) is 6.28. The molecule has 0 spiro atoms. The van der Waals surface area contributed by atoms with E-state index in [1.54, 1.807) is 0 Å². The van der Waals surface area contributed by atoms with Crippen LogP contribution in [0.1, 0.15) is 17.1 Å². The lowest BCUT2D eigenvalue weighted by molar-refractivity contribution is 0.898. The van der Waals surface area contributed by atoms with E-state index >= 15 is 0 Å². The van der Waals surface area contributed by atoms with Crippen molar-refractivity contribution in [2.45, 2.75) is 19.8 Å². The molecule has 96 valence electrons. The van der Waals surface area contributed by atoms with Gasteiger partial charge in [-0.3, -0.25) is 0 Å². The molecule has 0 bridgehead atoms. The second kappa shape index (κ2) is 5.13. The van der Waals surface area contributed by atoms with Crippen LogP contribution in [-0.2, 0) is 12.8 Å². The molecule has 2 aromatic heterocycles. The second-order valence-corrected chi connectivity index (χ2v) is 5.42. The van der Waals surface area contributed by atoms with Gasteiger partial charge in [-0.25, -0.2) is 9.97 Å². The van der Waals surface area contributed by atoms with Gasteiger partial charge in [0.25, 0.3) is 0 Å². The van der Waals surface area contributed by atoms with Crippen LogP contribution < -0.4 is 0 Å². The Hall–Kier alpha value is -1.68. The van der Waals surface area contributed by atoms with E-state index in [2.05, 4.69) is 55.1 Å². The van der Waals surface area contributed by atoms with Crippen LogP contribution in [0.4, 0.5) is 0 Å². The maximum Gasteiger partial charge on any atom is 0.142 e. The Morgan fingerprint density at radius 3 is 2.68 bits per heavy atom. The van der Waals surface area contributed by atoms with Crippen LogP contribution in [0.5, 0.6) is 0 Å². The summed E-state index contributed by atoms with van der Waals surface area (Å²) in [4.78, 5) is 12.2. The molecule has 3 nitrogen and oxygen atoms in total. The van der Waals surface area contributed by atoms with Crippen LogP contribution in [0, 0.1) is 6.92 Å². The molecule has 0 aliphatic heterocycles. The summed E-state index contributed by atoms with van der Waals surface area (Å²) in [5.74, 6) is 0.810. The molecule has 0 amide bonds. The Morgan fingerprint density at radius 1 is 1.11 bits per heavy atom. The third kappa shape index (κ3) is 2.54. The van der Waals surface area contributed by atoms with E-state index in [9.17, 15) is 0 Å². The number of aromatic amines is 1. The fourth-order valence-corrected chi connectivity index (χ4v) is 2.81. The number of benzene rings is 1. The number of aromatic nitrogens is 3. The highest BCUT2D eigenvalue weighted by molar-refractivity contribution is 9.10. The van der Waals surface area contributed by atoms with Gasteiger partial charge in [0.15, 0.2) is 0 Å². The number of aryl methyl sites for hydroxylation is 3. The molecule has 3 aromatic rings. The van der Waals surface area contributed by atoms with Crippen LogP contribution in [0.25, 0.3) is 11.0 Å². The summed E-state index contributed by atoms with van der Waals surface area (Å²) in [5, 5.41) is 1.10. The Kier molecular flexibility index (Phi) is 3.34. The molecule has 2 heterocycles. The van der Waals surface area contributed by atoms with Gasteiger partial charge < -0.3 is 4.98 Å². The third-order valence-electron chi connectivity index (χ3n) is 3.16. The van der Waals surface area contributed by atoms with E-state index in [4.69, 9.17) is 0 Å². The first-order valence-corrected chi connectivity index (χ1v) is 7.07. The highest BCUT2D eigenvalue weighted by Gasteiger charge is 2.10. The molecule has 0 radical (unpaired) electrons. The average Bonchev–Trinajstić information content (AvgIpc) is 2.79. The fourth-order valence-electron chi connectivity index (χ4n) is 2.28. The zero-order valence-electron chi connectivity index (χ0n) is 10.7. The van der Waals surface area contributed by atoms with Gasteiger partial charge in [-0.1, -0.05) is 30.3 Å². The predicted octanol–water partition coefficient (Wildman–Crippen LogP) is 3.81. The minimum absolute atomic E-state index is 0.810. The topological polar surface area (TPSA) is 41.6 Å². The number of halogens is 1. The van der Waals surface area contributed by atoms with Gasteiger partial charge >= 0.3 is 0 Å². The van der Waals surface area contributed by atoms with Crippen LogP contribution in [0.15, 0.2) is 41.0 Å². The van der Waals surface area contributed by atoms with Gasteiger partial charge in [-0.15, -0.1) is 0 Å². The highest BCUT2D eigenvalue weighted by Crippen LogP contribution is 2.25. The van der Waals surface area contributed by atoms with E-state index in [0.29, 0.717) is 0 Å². The van der Waals surface area contributed by atoms with Crippen LogP contribution >= 0.6 is 15.9 Å². The van der Waals surface area contributed by atoms with Crippen LogP contribution in [0.3, 0.4) is 0 Å². The highest BCUT2D eigenvalue weighted by atomic mass is 79.9. The molecular weight excluding hydrogens is 302 g/mol. The molecule has 0 saturated heterocycles. The lowest BCUT2D eigenvalue weighted by Crippen LogP contribution is -1.99. The molecule has 0 aliphatic carbocycles. The van der Waals surface area contributed by atoms with Gasteiger partial charge in [0.1, 0.15) is 11.5 Å². The van der Waals surface area contributed by atoms with Gasteiger partial charge in [-0.05, 0) is 41.3 Å². The molecule has 4 heteroatoms. The van der Waals surface area contributed by atoms with Crippen LogP contribution in [0.2, 0.25) is 0 Å². The molecule has 19 heavy (non-hydrogen) atoms. The summed E-state index contributed by atoms with van der Waals surface area (Å²) < 4.78 is 1.03. The molecule has 3 rings (SSSR count). The van der Waals surface area contributed by atoms with Gasteiger partial charge in [0.05, 0.1) is 11.1 Å². The van der Waals surface area contributed by atoms with Crippen molar-refractivity contribution in [1.29, 1.82) is 0 Å². The molecule has 0 atom stereocenters. The van der Waals surface area contributed by atoms with Gasteiger partial charge in [-0.2, -0.15) is 0 Å². The van der Waals surface area contributed by atoms with Crippen molar-refractivity contribution in [2.75, 3.05) is 0 Å². The number of nitrogens with zero attached hydrogens (tertiary/aromatic N) is 2. The summed E-state index contributed by atoms with van der Waals surface area (Å²) in [5.41, 5.74) is 3.33. The average molecular weight is 316 g/mol. The van der Waals surface area contributed by atoms with E-state index < -0.39 is 0 Å². The monoisotopic (exact) mass is 315 g/mol. The number of H-pyrrole nitrogens is 1. The maximum atomic E-state index is 4.59. The number of hydrogen-bond donors (Lipinski definition) is 1. The van der Waals surface area contributed by atoms with Crippen molar-refractivity contribution in [3.8, 4) is 0 Å². The summed E-state index contributed by atoms with van der Waals surface area (Å²) in [6, 6.07) is 10.5. The van der Waals surface area contributed by atoms with E-state index in [0.717, 1.165) is 39.9 Å². The van der Waals surface area contributed by atoms with Gasteiger partial charge in [0, 0.05) is 10.7 Å².